The van der Waals surface area contributed by atoms with Gasteiger partial charge < -0.3 is 5.32 Å². The van der Waals surface area contributed by atoms with Gasteiger partial charge in [0, 0.05) is 34.7 Å². The molecule has 1 aromatic heterocycles. The van der Waals surface area contributed by atoms with Crippen molar-refractivity contribution in [3.63, 3.8) is 0 Å². The molecule has 0 radical (unpaired) electrons. The normalized spacial score (nSPS) is 10.1. The molecule has 0 bridgehead atoms. The SMILES string of the molecule is Cc1cccc(NCc2cnccc2Br)c1. The standard InChI is InChI=1S/C13H13BrN2/c1-10-3-2-4-12(7-10)16-9-11-8-15-6-5-13(11)14/h2-8,16H,9H2,1H3. The van der Waals surface area contributed by atoms with Crippen LogP contribution in [0.5, 0.6) is 0 Å². The molecule has 0 saturated heterocycles. The molecular weight excluding hydrogens is 264 g/mol. The lowest BCUT2D eigenvalue weighted by Crippen LogP contribution is -2.00. The van der Waals surface area contributed by atoms with Crippen LogP contribution in [-0.4, -0.2) is 4.98 Å². The van der Waals surface area contributed by atoms with Crippen LogP contribution in [0, 0.1) is 6.92 Å². The van der Waals surface area contributed by atoms with E-state index in [4.69, 9.17) is 0 Å². The number of aryl methyl sites for hydroxylation is 1. The van der Waals surface area contributed by atoms with Crippen LogP contribution in [0.1, 0.15) is 11.1 Å². The molecule has 0 spiro atoms. The maximum Gasteiger partial charge on any atom is 0.0427 e. The minimum atomic E-state index is 0.776. The molecule has 0 amide bonds. The largest absolute Gasteiger partial charge is 0.381 e. The van der Waals surface area contributed by atoms with Crippen molar-refractivity contribution in [1.82, 2.24) is 4.98 Å². The third-order valence-corrected chi connectivity index (χ3v) is 3.12. The molecule has 1 heterocycles. The lowest BCUT2D eigenvalue weighted by atomic mass is 10.2. The van der Waals surface area contributed by atoms with Crippen LogP contribution in [0.4, 0.5) is 5.69 Å². The number of hydrogen-bond donors (Lipinski definition) is 1. The Morgan fingerprint density at radius 3 is 2.94 bits per heavy atom. The zero-order chi connectivity index (χ0) is 11.4. The molecule has 0 aliphatic carbocycles. The third-order valence-electron chi connectivity index (χ3n) is 2.35. The van der Waals surface area contributed by atoms with Gasteiger partial charge in [-0.05, 0) is 30.7 Å². The summed E-state index contributed by atoms with van der Waals surface area (Å²) in [5, 5.41) is 3.37. The van der Waals surface area contributed by atoms with Crippen molar-refractivity contribution in [3.8, 4) is 0 Å². The van der Waals surface area contributed by atoms with Gasteiger partial charge in [0.05, 0.1) is 0 Å². The summed E-state index contributed by atoms with van der Waals surface area (Å²) in [6.07, 6.45) is 3.65. The molecule has 0 atom stereocenters. The third kappa shape index (κ3) is 2.83. The molecule has 0 saturated carbocycles. The minimum Gasteiger partial charge on any atom is -0.381 e. The summed E-state index contributed by atoms with van der Waals surface area (Å²) in [6, 6.07) is 10.3. The van der Waals surface area contributed by atoms with Gasteiger partial charge in [-0.3, -0.25) is 4.98 Å². The van der Waals surface area contributed by atoms with Gasteiger partial charge in [0.15, 0.2) is 0 Å². The van der Waals surface area contributed by atoms with Crippen molar-refractivity contribution >= 4 is 21.6 Å². The Morgan fingerprint density at radius 2 is 2.19 bits per heavy atom. The topological polar surface area (TPSA) is 24.9 Å². The van der Waals surface area contributed by atoms with Gasteiger partial charge in [-0.25, -0.2) is 0 Å². The van der Waals surface area contributed by atoms with E-state index in [0.29, 0.717) is 0 Å². The van der Waals surface area contributed by atoms with E-state index in [1.807, 2.05) is 12.3 Å². The van der Waals surface area contributed by atoms with Crippen molar-refractivity contribution < 1.29 is 0 Å². The van der Waals surface area contributed by atoms with Crippen LogP contribution in [0.3, 0.4) is 0 Å². The maximum absolute atomic E-state index is 4.11. The number of anilines is 1. The summed E-state index contributed by atoms with van der Waals surface area (Å²) >= 11 is 3.50. The second-order valence-corrected chi connectivity index (χ2v) is 4.54. The quantitative estimate of drug-likeness (QED) is 0.923. The Labute approximate surface area is 104 Å². The van der Waals surface area contributed by atoms with Gasteiger partial charge >= 0.3 is 0 Å². The molecule has 2 nitrogen and oxygen atoms in total. The smallest absolute Gasteiger partial charge is 0.0427 e. The van der Waals surface area contributed by atoms with E-state index < -0.39 is 0 Å². The monoisotopic (exact) mass is 276 g/mol. The van der Waals surface area contributed by atoms with E-state index in [1.165, 1.54) is 5.56 Å². The van der Waals surface area contributed by atoms with E-state index in [2.05, 4.69) is 57.4 Å². The zero-order valence-electron chi connectivity index (χ0n) is 9.07. The van der Waals surface area contributed by atoms with Crippen LogP contribution in [0.15, 0.2) is 47.2 Å². The first kappa shape index (κ1) is 11.1. The first-order valence-corrected chi connectivity index (χ1v) is 5.94. The highest BCUT2D eigenvalue weighted by molar-refractivity contribution is 9.10. The molecular formula is C13H13BrN2. The molecule has 0 aliphatic rings. The highest BCUT2D eigenvalue weighted by atomic mass is 79.9. The molecule has 2 aromatic rings. The molecule has 3 heteroatoms. The molecule has 0 aliphatic heterocycles. The molecule has 82 valence electrons. The Morgan fingerprint density at radius 1 is 1.31 bits per heavy atom. The molecule has 16 heavy (non-hydrogen) atoms. The second kappa shape index (κ2) is 5.12. The fourth-order valence-electron chi connectivity index (χ4n) is 1.49. The first-order chi connectivity index (χ1) is 7.75. The van der Waals surface area contributed by atoms with Crippen molar-refractivity contribution in [1.29, 1.82) is 0 Å². The van der Waals surface area contributed by atoms with Gasteiger partial charge in [0.2, 0.25) is 0 Å². The number of nitrogens with one attached hydrogen (secondary N) is 1. The van der Waals surface area contributed by atoms with Crippen molar-refractivity contribution in [3.05, 3.63) is 58.3 Å². The lowest BCUT2D eigenvalue weighted by Gasteiger charge is -2.08. The average molecular weight is 277 g/mol. The van der Waals surface area contributed by atoms with Gasteiger partial charge in [0.1, 0.15) is 0 Å². The second-order valence-electron chi connectivity index (χ2n) is 3.69. The molecule has 0 unspecified atom stereocenters. The van der Waals surface area contributed by atoms with Crippen molar-refractivity contribution in [2.45, 2.75) is 13.5 Å². The number of hydrogen-bond acceptors (Lipinski definition) is 2. The van der Waals surface area contributed by atoms with Gasteiger partial charge in [-0.15, -0.1) is 0 Å². The van der Waals surface area contributed by atoms with Gasteiger partial charge in [-0.2, -0.15) is 0 Å². The van der Waals surface area contributed by atoms with Crippen LogP contribution in [-0.2, 0) is 6.54 Å². The Bertz CT molecular complexity index is 483. The molecule has 2 rings (SSSR count). The Kier molecular flexibility index (Phi) is 3.57. The molecule has 0 fully saturated rings. The summed E-state index contributed by atoms with van der Waals surface area (Å²) in [7, 11) is 0. The van der Waals surface area contributed by atoms with E-state index in [-0.39, 0.29) is 0 Å². The predicted octanol–water partition coefficient (Wildman–Crippen LogP) is 3.76. The van der Waals surface area contributed by atoms with E-state index >= 15 is 0 Å². The summed E-state index contributed by atoms with van der Waals surface area (Å²) in [5.74, 6) is 0. The maximum atomic E-state index is 4.11. The Hall–Kier alpha value is -1.35. The lowest BCUT2D eigenvalue weighted by molar-refractivity contribution is 1.10. The van der Waals surface area contributed by atoms with Crippen molar-refractivity contribution in [2.24, 2.45) is 0 Å². The Balaban J connectivity index is 2.05. The summed E-state index contributed by atoms with van der Waals surface area (Å²) in [5.41, 5.74) is 3.55. The predicted molar refractivity (Wildman–Crippen MR) is 70.4 cm³/mol. The highest BCUT2D eigenvalue weighted by Gasteiger charge is 1.98. The van der Waals surface area contributed by atoms with Crippen LogP contribution in [0.25, 0.3) is 0 Å². The van der Waals surface area contributed by atoms with Crippen LogP contribution < -0.4 is 5.32 Å². The number of aromatic nitrogens is 1. The average Bonchev–Trinajstić information content (AvgIpc) is 2.28. The number of nitrogens with zero attached hydrogens (tertiary/aromatic N) is 1. The fraction of sp³-hybridized carbons (Fsp3) is 0.154. The van der Waals surface area contributed by atoms with Crippen molar-refractivity contribution in [2.75, 3.05) is 5.32 Å². The first-order valence-electron chi connectivity index (χ1n) is 5.14. The number of halogens is 1. The highest BCUT2D eigenvalue weighted by Crippen LogP contribution is 2.17. The number of benzene rings is 1. The number of rotatable bonds is 3. The van der Waals surface area contributed by atoms with E-state index in [0.717, 1.165) is 22.3 Å². The summed E-state index contributed by atoms with van der Waals surface area (Å²) in [6.45, 7) is 2.86. The van der Waals surface area contributed by atoms with Gasteiger partial charge in [0.25, 0.3) is 0 Å². The van der Waals surface area contributed by atoms with Crippen LogP contribution >= 0.6 is 15.9 Å². The molecule has 1 aromatic carbocycles. The number of pyridine rings is 1. The van der Waals surface area contributed by atoms with Gasteiger partial charge in [-0.1, -0.05) is 28.1 Å². The fourth-order valence-corrected chi connectivity index (χ4v) is 1.85. The molecule has 1 N–H and O–H groups in total. The summed E-state index contributed by atoms with van der Waals surface area (Å²) < 4.78 is 1.09. The van der Waals surface area contributed by atoms with E-state index in [9.17, 15) is 0 Å². The summed E-state index contributed by atoms with van der Waals surface area (Å²) in [4.78, 5) is 4.11. The minimum absolute atomic E-state index is 0.776. The van der Waals surface area contributed by atoms with E-state index in [1.54, 1.807) is 6.20 Å². The zero-order valence-corrected chi connectivity index (χ0v) is 10.7. The van der Waals surface area contributed by atoms with Crippen LogP contribution in [0.2, 0.25) is 0 Å².